The molecule has 0 saturated carbocycles. The molecule has 1 aromatic carbocycles. The van der Waals surface area contributed by atoms with E-state index in [9.17, 15) is 17.6 Å². The smallest absolute Gasteiger partial charge is 0.180 e. The van der Waals surface area contributed by atoms with E-state index in [2.05, 4.69) is 6.58 Å². The summed E-state index contributed by atoms with van der Waals surface area (Å²) in [6.07, 6.45) is 0. The molecule has 0 amide bonds. The van der Waals surface area contributed by atoms with Crippen molar-refractivity contribution in [1.82, 2.24) is 0 Å². The third-order valence-electron chi connectivity index (χ3n) is 1.81. The lowest BCUT2D eigenvalue weighted by Gasteiger charge is -2.06. The van der Waals surface area contributed by atoms with Gasteiger partial charge in [-0.1, -0.05) is 6.58 Å². The average molecular weight is 226 g/mol. The molecular formula is C10H2F4N2. The molecule has 16 heavy (non-hydrogen) atoms. The first-order valence-corrected chi connectivity index (χ1v) is 3.81. The van der Waals surface area contributed by atoms with Gasteiger partial charge in [-0.05, 0) is 0 Å². The van der Waals surface area contributed by atoms with Gasteiger partial charge in [0.2, 0.25) is 0 Å². The van der Waals surface area contributed by atoms with E-state index < -0.39 is 40.0 Å². The highest BCUT2D eigenvalue weighted by Gasteiger charge is 2.26. The molecule has 0 aliphatic carbocycles. The first-order valence-electron chi connectivity index (χ1n) is 3.81. The number of benzene rings is 1. The first-order chi connectivity index (χ1) is 7.45. The summed E-state index contributed by atoms with van der Waals surface area (Å²) in [6.45, 7) is 2.95. The van der Waals surface area contributed by atoms with Crippen LogP contribution in [0.2, 0.25) is 0 Å². The van der Waals surface area contributed by atoms with Crippen molar-refractivity contribution in [1.29, 1.82) is 10.5 Å². The molecule has 0 N–H and O–H groups in total. The fourth-order valence-corrected chi connectivity index (χ4v) is 1.05. The van der Waals surface area contributed by atoms with Crippen molar-refractivity contribution in [3.8, 4) is 12.1 Å². The minimum atomic E-state index is -1.84. The topological polar surface area (TPSA) is 47.6 Å². The number of hydrogen-bond acceptors (Lipinski definition) is 2. The lowest BCUT2D eigenvalue weighted by atomic mass is 10.0. The molecule has 0 fully saturated rings. The highest BCUT2D eigenvalue weighted by molar-refractivity contribution is 5.76. The van der Waals surface area contributed by atoms with Crippen molar-refractivity contribution < 1.29 is 17.6 Å². The second-order valence-corrected chi connectivity index (χ2v) is 2.71. The predicted octanol–water partition coefficient (Wildman–Crippen LogP) is 2.65. The van der Waals surface area contributed by atoms with Gasteiger partial charge in [0.05, 0.1) is 17.2 Å². The Labute approximate surface area is 87.6 Å². The zero-order valence-corrected chi connectivity index (χ0v) is 7.61. The van der Waals surface area contributed by atoms with Gasteiger partial charge in [0.25, 0.3) is 0 Å². The summed E-state index contributed by atoms with van der Waals surface area (Å²) in [5.41, 5.74) is -3.33. The van der Waals surface area contributed by atoms with Crippen molar-refractivity contribution in [3.05, 3.63) is 41.0 Å². The maximum absolute atomic E-state index is 13.2. The molecule has 0 atom stereocenters. The largest absolute Gasteiger partial charge is 0.203 e. The van der Waals surface area contributed by atoms with Crippen LogP contribution >= 0.6 is 0 Å². The molecule has 1 rings (SSSR count). The zero-order valence-electron chi connectivity index (χ0n) is 7.61. The minimum Gasteiger partial charge on any atom is -0.203 e. The summed E-state index contributed by atoms with van der Waals surface area (Å²) in [5.74, 6) is -7.29. The SMILES string of the molecule is C=C(C#N)c1c(F)c(F)c(C#N)c(F)c1F. The number of nitriles is 2. The number of halogens is 4. The third kappa shape index (κ3) is 1.51. The second kappa shape index (κ2) is 4.03. The molecule has 6 heteroatoms. The lowest BCUT2D eigenvalue weighted by molar-refractivity contribution is 0.447. The molecule has 0 radical (unpaired) electrons. The molecule has 0 heterocycles. The predicted molar refractivity (Wildman–Crippen MR) is 45.6 cm³/mol. The van der Waals surface area contributed by atoms with Gasteiger partial charge in [0.1, 0.15) is 11.6 Å². The summed E-state index contributed by atoms with van der Waals surface area (Å²) in [5, 5.41) is 16.6. The number of allylic oxidation sites excluding steroid dienone is 1. The van der Waals surface area contributed by atoms with E-state index in [0.717, 1.165) is 6.07 Å². The molecule has 0 aliphatic heterocycles. The van der Waals surface area contributed by atoms with Crippen LogP contribution in [-0.2, 0) is 0 Å². The van der Waals surface area contributed by atoms with Gasteiger partial charge in [-0.2, -0.15) is 10.5 Å². The highest BCUT2D eigenvalue weighted by Crippen LogP contribution is 2.27. The molecule has 2 nitrogen and oxygen atoms in total. The van der Waals surface area contributed by atoms with Crippen LogP contribution in [-0.4, -0.2) is 0 Å². The molecule has 1 aromatic rings. The maximum Gasteiger partial charge on any atom is 0.180 e. The standard InChI is InChI=1S/C10H2F4N2/c1-4(2-15)6-9(13)7(11)5(3-16)8(12)10(6)14/h1H2. The van der Waals surface area contributed by atoms with E-state index in [1.165, 1.54) is 6.07 Å². The van der Waals surface area contributed by atoms with Crippen LogP contribution < -0.4 is 0 Å². The molecule has 0 spiro atoms. The number of hydrogen-bond donors (Lipinski definition) is 0. The third-order valence-corrected chi connectivity index (χ3v) is 1.81. The summed E-state index contributed by atoms with van der Waals surface area (Å²) >= 11 is 0. The van der Waals surface area contributed by atoms with Crippen molar-refractivity contribution in [3.63, 3.8) is 0 Å². The van der Waals surface area contributed by atoms with Crippen molar-refractivity contribution in [2.75, 3.05) is 0 Å². The van der Waals surface area contributed by atoms with Gasteiger partial charge in [-0.3, -0.25) is 0 Å². The van der Waals surface area contributed by atoms with Gasteiger partial charge in [0.15, 0.2) is 23.3 Å². The van der Waals surface area contributed by atoms with Gasteiger partial charge in [0, 0.05) is 0 Å². The Kier molecular flexibility index (Phi) is 2.96. The van der Waals surface area contributed by atoms with E-state index in [-0.39, 0.29) is 0 Å². The molecule has 80 valence electrons. The Morgan fingerprint density at radius 3 is 1.69 bits per heavy atom. The second-order valence-electron chi connectivity index (χ2n) is 2.71. The van der Waals surface area contributed by atoms with Crippen LogP contribution in [0.15, 0.2) is 6.58 Å². The maximum atomic E-state index is 13.2. The van der Waals surface area contributed by atoms with Gasteiger partial charge in [-0.15, -0.1) is 0 Å². The summed E-state index contributed by atoms with van der Waals surface area (Å²) in [4.78, 5) is 0. The Morgan fingerprint density at radius 2 is 1.38 bits per heavy atom. The normalized spacial score (nSPS) is 9.38. The van der Waals surface area contributed by atoms with Crippen LogP contribution in [0.5, 0.6) is 0 Å². The van der Waals surface area contributed by atoms with E-state index in [4.69, 9.17) is 10.5 Å². The number of rotatable bonds is 1. The molecule has 0 aromatic heterocycles. The van der Waals surface area contributed by atoms with E-state index >= 15 is 0 Å². The van der Waals surface area contributed by atoms with Crippen LogP contribution in [0.25, 0.3) is 5.57 Å². The van der Waals surface area contributed by atoms with E-state index in [0.29, 0.717) is 0 Å². The quantitative estimate of drug-likeness (QED) is 0.420. The minimum absolute atomic E-state index is 0.766. The lowest BCUT2D eigenvalue weighted by Crippen LogP contribution is -2.05. The van der Waals surface area contributed by atoms with Gasteiger partial charge >= 0.3 is 0 Å². The van der Waals surface area contributed by atoms with Crippen LogP contribution in [0, 0.1) is 45.9 Å². The van der Waals surface area contributed by atoms with Crippen LogP contribution in [0.3, 0.4) is 0 Å². The molecular weight excluding hydrogens is 224 g/mol. The van der Waals surface area contributed by atoms with E-state index in [1.807, 2.05) is 0 Å². The van der Waals surface area contributed by atoms with Crippen LogP contribution in [0.4, 0.5) is 17.6 Å². The van der Waals surface area contributed by atoms with Crippen molar-refractivity contribution >= 4 is 5.57 Å². The highest BCUT2D eigenvalue weighted by atomic mass is 19.2. The summed E-state index contributed by atoms with van der Waals surface area (Å²) in [7, 11) is 0. The van der Waals surface area contributed by atoms with Gasteiger partial charge in [-0.25, -0.2) is 17.6 Å². The fourth-order valence-electron chi connectivity index (χ4n) is 1.05. The monoisotopic (exact) mass is 226 g/mol. The number of nitrogens with zero attached hydrogens (tertiary/aromatic N) is 2. The fraction of sp³-hybridized carbons (Fsp3) is 0. The molecule has 0 aliphatic rings. The Bertz CT molecular complexity index is 535. The van der Waals surface area contributed by atoms with Crippen molar-refractivity contribution in [2.24, 2.45) is 0 Å². The van der Waals surface area contributed by atoms with Gasteiger partial charge < -0.3 is 0 Å². The molecule has 0 saturated heterocycles. The Morgan fingerprint density at radius 1 is 0.938 bits per heavy atom. The summed E-state index contributed by atoms with van der Waals surface area (Å²) < 4.78 is 52.5. The van der Waals surface area contributed by atoms with E-state index in [1.54, 1.807) is 0 Å². The van der Waals surface area contributed by atoms with Crippen molar-refractivity contribution in [2.45, 2.75) is 0 Å². The average Bonchev–Trinajstić information content (AvgIpc) is 2.27. The van der Waals surface area contributed by atoms with Crippen LogP contribution in [0.1, 0.15) is 11.1 Å². The Hall–Kier alpha value is -2.34. The Balaban J connectivity index is 3.77. The zero-order chi connectivity index (χ0) is 12.5. The molecule has 0 bridgehead atoms. The summed E-state index contributed by atoms with van der Waals surface area (Å²) in [6, 6.07) is 2.25. The molecule has 0 unspecified atom stereocenters. The first kappa shape index (κ1) is 11.7.